The second-order valence-corrected chi connectivity index (χ2v) is 13.7. The molecule has 0 saturated carbocycles. The van der Waals surface area contributed by atoms with Gasteiger partial charge in [-0.25, -0.2) is 13.2 Å². The van der Waals surface area contributed by atoms with Gasteiger partial charge in [0.15, 0.2) is 0 Å². The Labute approximate surface area is 235 Å². The normalized spacial score (nSPS) is 17.6. The van der Waals surface area contributed by atoms with Gasteiger partial charge in [0.25, 0.3) is 0 Å². The fraction of sp³-hybridized carbons (Fsp3) is 0.690. The molecule has 0 aliphatic carbocycles. The molecule has 9 nitrogen and oxygen atoms in total. The highest BCUT2D eigenvalue weighted by Crippen LogP contribution is 2.23. The Bertz CT molecular complexity index is 1030. The third kappa shape index (κ3) is 9.90. The molecule has 1 unspecified atom stereocenters. The standard InChI is InChI=1S/C29H48N4O5S/c1-6-7-8-9-10-14-19-25(27(35)33-20-15-16-23(33)22-34)30-28(36)31-26(29(2,3)4)21-32(5)39(37,38)24-17-12-11-13-18-24/h11-13,17-18,22-23,25-26H,6-10,14-16,19-21H2,1-5H3,(H2,30,31,36)/t23-,25-,26?/m0/s1. The van der Waals surface area contributed by atoms with Crippen molar-refractivity contribution in [3.05, 3.63) is 30.3 Å². The topological polar surface area (TPSA) is 116 Å². The minimum Gasteiger partial charge on any atom is -0.334 e. The highest BCUT2D eigenvalue weighted by atomic mass is 32.2. The first-order chi connectivity index (χ1) is 18.4. The van der Waals surface area contributed by atoms with E-state index in [1.165, 1.54) is 17.8 Å². The van der Waals surface area contributed by atoms with Crippen LogP contribution in [0, 0.1) is 5.41 Å². The van der Waals surface area contributed by atoms with E-state index in [2.05, 4.69) is 17.6 Å². The van der Waals surface area contributed by atoms with E-state index in [0.29, 0.717) is 19.4 Å². The van der Waals surface area contributed by atoms with Crippen LogP contribution in [0.4, 0.5) is 4.79 Å². The summed E-state index contributed by atoms with van der Waals surface area (Å²) in [5, 5.41) is 5.80. The van der Waals surface area contributed by atoms with Crippen molar-refractivity contribution in [3.8, 4) is 0 Å². The Hall–Kier alpha value is -2.46. The quantitative estimate of drug-likeness (QED) is 0.243. The number of hydrogen-bond acceptors (Lipinski definition) is 5. The number of urea groups is 1. The number of hydrogen-bond donors (Lipinski definition) is 2. The zero-order valence-electron chi connectivity index (χ0n) is 24.3. The first-order valence-corrected chi connectivity index (χ1v) is 15.7. The van der Waals surface area contributed by atoms with Crippen LogP contribution in [0.1, 0.15) is 85.5 Å². The lowest BCUT2D eigenvalue weighted by molar-refractivity contribution is -0.136. The molecular formula is C29H48N4O5S. The van der Waals surface area contributed by atoms with Crippen LogP contribution in [0.5, 0.6) is 0 Å². The molecule has 1 fully saturated rings. The monoisotopic (exact) mass is 564 g/mol. The molecule has 1 saturated heterocycles. The van der Waals surface area contributed by atoms with Crippen LogP contribution < -0.4 is 10.6 Å². The SMILES string of the molecule is CCCCCCCC[C@H](NC(=O)NC(CN(C)S(=O)(=O)c1ccccc1)C(C)(C)C)C(=O)N1CCC[C@H]1C=O. The van der Waals surface area contributed by atoms with Gasteiger partial charge in [0.05, 0.1) is 10.9 Å². The smallest absolute Gasteiger partial charge is 0.315 e. The number of unbranched alkanes of at least 4 members (excludes halogenated alkanes) is 5. The number of benzene rings is 1. The summed E-state index contributed by atoms with van der Waals surface area (Å²) in [5.74, 6) is -0.232. The van der Waals surface area contributed by atoms with E-state index in [1.807, 2.05) is 20.8 Å². The van der Waals surface area contributed by atoms with Crippen molar-refractivity contribution in [1.29, 1.82) is 0 Å². The van der Waals surface area contributed by atoms with Crippen molar-refractivity contribution in [2.75, 3.05) is 20.1 Å². The zero-order valence-corrected chi connectivity index (χ0v) is 25.1. The van der Waals surface area contributed by atoms with Crippen LogP contribution >= 0.6 is 0 Å². The summed E-state index contributed by atoms with van der Waals surface area (Å²) in [7, 11) is -2.24. The fourth-order valence-corrected chi connectivity index (χ4v) is 6.02. The molecule has 1 aromatic rings. The van der Waals surface area contributed by atoms with Gasteiger partial charge < -0.3 is 20.3 Å². The maximum Gasteiger partial charge on any atom is 0.315 e. The summed E-state index contributed by atoms with van der Waals surface area (Å²) < 4.78 is 27.4. The second-order valence-electron chi connectivity index (χ2n) is 11.6. The van der Waals surface area contributed by atoms with Crippen LogP contribution in [0.2, 0.25) is 0 Å². The fourth-order valence-electron chi connectivity index (χ4n) is 4.82. The summed E-state index contributed by atoms with van der Waals surface area (Å²) >= 11 is 0. The van der Waals surface area contributed by atoms with E-state index in [1.54, 1.807) is 35.2 Å². The maximum atomic E-state index is 13.4. The van der Waals surface area contributed by atoms with Gasteiger partial charge in [-0.1, -0.05) is 84.4 Å². The molecule has 2 N–H and O–H groups in total. The minimum atomic E-state index is -3.74. The number of carbonyl (C=O) groups excluding carboxylic acids is 3. The van der Waals surface area contributed by atoms with Crippen molar-refractivity contribution < 1.29 is 22.8 Å². The minimum absolute atomic E-state index is 0.0591. The number of nitrogens with one attached hydrogen (secondary N) is 2. The molecular weight excluding hydrogens is 516 g/mol. The van der Waals surface area contributed by atoms with Crippen LogP contribution in [0.15, 0.2) is 35.2 Å². The van der Waals surface area contributed by atoms with E-state index >= 15 is 0 Å². The van der Waals surface area contributed by atoms with Crippen LogP contribution in [-0.4, -0.2) is 74.1 Å². The molecule has 1 aromatic carbocycles. The number of aldehydes is 1. The highest BCUT2D eigenvalue weighted by molar-refractivity contribution is 7.89. The number of likely N-dealkylation sites (N-methyl/N-ethyl adjacent to an activating group) is 1. The molecule has 3 atom stereocenters. The van der Waals surface area contributed by atoms with Gasteiger partial charge in [-0.15, -0.1) is 0 Å². The highest BCUT2D eigenvalue weighted by Gasteiger charge is 2.35. The first kappa shape index (κ1) is 32.8. The van der Waals surface area contributed by atoms with Crippen molar-refractivity contribution >= 4 is 28.2 Å². The predicted molar refractivity (Wildman–Crippen MR) is 154 cm³/mol. The van der Waals surface area contributed by atoms with Gasteiger partial charge >= 0.3 is 6.03 Å². The molecule has 2 rings (SSSR count). The zero-order chi connectivity index (χ0) is 29.1. The van der Waals surface area contributed by atoms with Crippen molar-refractivity contribution in [2.45, 2.75) is 109 Å². The number of carbonyl (C=O) groups is 3. The molecule has 3 amide bonds. The third-order valence-electron chi connectivity index (χ3n) is 7.43. The lowest BCUT2D eigenvalue weighted by atomic mass is 9.87. The van der Waals surface area contributed by atoms with Gasteiger partial charge in [0.2, 0.25) is 15.9 Å². The predicted octanol–water partition coefficient (Wildman–Crippen LogP) is 4.33. The maximum absolute atomic E-state index is 13.4. The Morgan fingerprint density at radius 3 is 2.33 bits per heavy atom. The average molecular weight is 565 g/mol. The molecule has 220 valence electrons. The Morgan fingerprint density at radius 2 is 1.72 bits per heavy atom. The van der Waals surface area contributed by atoms with Gasteiger partial charge in [0.1, 0.15) is 12.3 Å². The second kappa shape index (κ2) is 15.4. The summed E-state index contributed by atoms with van der Waals surface area (Å²) in [6.07, 6.45) is 9.03. The molecule has 0 spiro atoms. The molecule has 1 aliphatic rings. The number of rotatable bonds is 15. The van der Waals surface area contributed by atoms with Crippen LogP contribution in [-0.2, 0) is 19.6 Å². The van der Waals surface area contributed by atoms with E-state index in [9.17, 15) is 22.8 Å². The third-order valence-corrected chi connectivity index (χ3v) is 9.27. The molecule has 0 aromatic heterocycles. The van der Waals surface area contributed by atoms with Crippen molar-refractivity contribution in [1.82, 2.24) is 19.8 Å². The summed E-state index contributed by atoms with van der Waals surface area (Å²) in [5.41, 5.74) is -0.464. The average Bonchev–Trinajstić information content (AvgIpc) is 3.38. The van der Waals surface area contributed by atoms with E-state index in [-0.39, 0.29) is 17.3 Å². The lowest BCUT2D eigenvalue weighted by Crippen LogP contribution is -2.57. The molecule has 1 heterocycles. The van der Waals surface area contributed by atoms with Gasteiger partial charge in [-0.05, 0) is 36.8 Å². The van der Waals surface area contributed by atoms with E-state index in [0.717, 1.165) is 44.8 Å². The van der Waals surface area contributed by atoms with E-state index < -0.39 is 39.6 Å². The Kier molecular flexibility index (Phi) is 12.9. The molecule has 0 bridgehead atoms. The van der Waals surface area contributed by atoms with Gasteiger partial charge in [0, 0.05) is 26.2 Å². The van der Waals surface area contributed by atoms with Gasteiger partial charge in [-0.3, -0.25) is 4.79 Å². The summed E-state index contributed by atoms with van der Waals surface area (Å²) in [6, 6.07) is 5.94. The largest absolute Gasteiger partial charge is 0.334 e. The number of sulfonamides is 1. The number of nitrogens with zero attached hydrogens (tertiary/aromatic N) is 2. The molecule has 0 radical (unpaired) electrons. The summed E-state index contributed by atoms with van der Waals surface area (Å²) in [6.45, 7) is 8.52. The van der Waals surface area contributed by atoms with Crippen molar-refractivity contribution in [2.24, 2.45) is 5.41 Å². The number of amides is 3. The van der Waals surface area contributed by atoms with Crippen molar-refractivity contribution in [3.63, 3.8) is 0 Å². The Morgan fingerprint density at radius 1 is 1.08 bits per heavy atom. The molecule has 10 heteroatoms. The first-order valence-electron chi connectivity index (χ1n) is 14.3. The lowest BCUT2D eigenvalue weighted by Gasteiger charge is -2.35. The van der Waals surface area contributed by atoms with Crippen LogP contribution in [0.3, 0.4) is 0 Å². The van der Waals surface area contributed by atoms with Crippen LogP contribution in [0.25, 0.3) is 0 Å². The van der Waals surface area contributed by atoms with Gasteiger partial charge in [-0.2, -0.15) is 4.31 Å². The molecule has 39 heavy (non-hydrogen) atoms. The summed E-state index contributed by atoms with van der Waals surface area (Å²) in [4.78, 5) is 39.9. The molecule has 1 aliphatic heterocycles. The Balaban J connectivity index is 2.11. The van der Waals surface area contributed by atoms with E-state index in [4.69, 9.17) is 0 Å². The number of likely N-dealkylation sites (tertiary alicyclic amines) is 1.